The molecule has 3 heterocycles. The predicted molar refractivity (Wildman–Crippen MR) is 125 cm³/mol. The normalized spacial score (nSPS) is 10.9. The maximum atomic E-state index is 13.3. The second kappa shape index (κ2) is 9.60. The van der Waals surface area contributed by atoms with Crippen LogP contribution in [0.1, 0.15) is 34.2 Å². The van der Waals surface area contributed by atoms with Crippen molar-refractivity contribution < 1.29 is 13.9 Å². The SMILES string of the molecule is CCOC(=O)Cc1c(C)c(Cc2sccc2Sc2ccc(F)cc2)n2cc(C#N)ccc12. The maximum Gasteiger partial charge on any atom is 0.310 e. The maximum absolute atomic E-state index is 13.3. The summed E-state index contributed by atoms with van der Waals surface area (Å²) >= 11 is 3.26. The molecule has 4 rings (SSSR count). The minimum atomic E-state index is -0.261. The van der Waals surface area contributed by atoms with Gasteiger partial charge in [-0.25, -0.2) is 4.39 Å². The number of thiophene rings is 1. The molecule has 32 heavy (non-hydrogen) atoms. The smallest absolute Gasteiger partial charge is 0.310 e. The third-order valence-electron chi connectivity index (χ3n) is 5.26. The number of benzene rings is 1. The molecule has 0 saturated carbocycles. The van der Waals surface area contributed by atoms with E-state index in [1.807, 2.05) is 29.0 Å². The van der Waals surface area contributed by atoms with Gasteiger partial charge in [-0.05, 0) is 72.8 Å². The third kappa shape index (κ3) is 4.57. The van der Waals surface area contributed by atoms with Crippen LogP contribution in [-0.4, -0.2) is 17.0 Å². The number of nitrogens with zero attached hydrogens (tertiary/aromatic N) is 2. The first kappa shape index (κ1) is 22.1. The van der Waals surface area contributed by atoms with Crippen molar-refractivity contribution in [1.82, 2.24) is 4.40 Å². The highest BCUT2D eigenvalue weighted by molar-refractivity contribution is 7.99. The van der Waals surface area contributed by atoms with E-state index < -0.39 is 0 Å². The average Bonchev–Trinajstić information content (AvgIpc) is 3.33. The third-order valence-corrected chi connectivity index (χ3v) is 7.42. The Morgan fingerprint density at radius 3 is 2.72 bits per heavy atom. The Labute approximate surface area is 194 Å². The molecule has 162 valence electrons. The number of halogens is 1. The molecule has 4 nitrogen and oxygen atoms in total. The number of carbonyl (C=O) groups is 1. The van der Waals surface area contributed by atoms with Crippen LogP contribution in [0.4, 0.5) is 4.39 Å². The van der Waals surface area contributed by atoms with Crippen LogP contribution in [0.2, 0.25) is 0 Å². The van der Waals surface area contributed by atoms with Crippen LogP contribution in [0.25, 0.3) is 5.52 Å². The van der Waals surface area contributed by atoms with Crippen LogP contribution in [0.5, 0.6) is 0 Å². The summed E-state index contributed by atoms with van der Waals surface area (Å²) < 4.78 is 20.5. The Hall–Kier alpha value is -3.08. The summed E-state index contributed by atoms with van der Waals surface area (Å²) in [5.74, 6) is -0.514. The number of pyridine rings is 1. The fourth-order valence-electron chi connectivity index (χ4n) is 3.71. The lowest BCUT2D eigenvalue weighted by atomic mass is 10.1. The van der Waals surface area contributed by atoms with Gasteiger partial charge in [-0.15, -0.1) is 11.3 Å². The second-order valence-corrected chi connectivity index (χ2v) is 9.37. The number of ether oxygens (including phenoxy) is 1. The summed E-state index contributed by atoms with van der Waals surface area (Å²) in [6, 6.07) is 14.4. The van der Waals surface area contributed by atoms with Crippen molar-refractivity contribution in [2.75, 3.05) is 6.61 Å². The van der Waals surface area contributed by atoms with E-state index in [4.69, 9.17) is 4.74 Å². The van der Waals surface area contributed by atoms with E-state index in [0.29, 0.717) is 18.6 Å². The average molecular weight is 465 g/mol. The number of hydrogen-bond acceptors (Lipinski definition) is 5. The quantitative estimate of drug-likeness (QED) is 0.307. The monoisotopic (exact) mass is 464 g/mol. The number of carbonyl (C=O) groups excluding carboxylic acids is 1. The molecule has 0 fully saturated rings. The molecule has 0 aliphatic heterocycles. The van der Waals surface area contributed by atoms with Gasteiger partial charge in [-0.3, -0.25) is 4.79 Å². The van der Waals surface area contributed by atoms with E-state index in [0.717, 1.165) is 32.1 Å². The van der Waals surface area contributed by atoms with E-state index >= 15 is 0 Å². The predicted octanol–water partition coefficient (Wildman–Crippen LogP) is 6.17. The summed E-state index contributed by atoms with van der Waals surface area (Å²) in [5, 5.41) is 11.4. The van der Waals surface area contributed by atoms with Crippen molar-refractivity contribution in [2.45, 2.75) is 36.5 Å². The van der Waals surface area contributed by atoms with Gasteiger partial charge in [0, 0.05) is 38.5 Å². The topological polar surface area (TPSA) is 54.5 Å². The van der Waals surface area contributed by atoms with Gasteiger partial charge in [0.2, 0.25) is 0 Å². The summed E-state index contributed by atoms with van der Waals surface area (Å²) in [4.78, 5) is 15.5. The lowest BCUT2D eigenvalue weighted by Gasteiger charge is -2.07. The van der Waals surface area contributed by atoms with Gasteiger partial charge < -0.3 is 9.14 Å². The van der Waals surface area contributed by atoms with Crippen LogP contribution in [0.15, 0.2) is 63.8 Å². The lowest BCUT2D eigenvalue weighted by Crippen LogP contribution is -2.08. The Bertz CT molecular complexity index is 1320. The van der Waals surface area contributed by atoms with Gasteiger partial charge in [-0.2, -0.15) is 5.26 Å². The van der Waals surface area contributed by atoms with Crippen molar-refractivity contribution in [1.29, 1.82) is 5.26 Å². The zero-order valence-electron chi connectivity index (χ0n) is 17.7. The molecular weight excluding hydrogens is 443 g/mol. The first-order valence-electron chi connectivity index (χ1n) is 10.2. The summed E-state index contributed by atoms with van der Waals surface area (Å²) in [7, 11) is 0. The molecule has 4 aromatic rings. The number of fused-ring (bicyclic) bond motifs is 1. The summed E-state index contributed by atoms with van der Waals surface area (Å²) in [5.41, 5.74) is 4.46. The molecule has 0 aliphatic rings. The molecule has 7 heteroatoms. The highest BCUT2D eigenvalue weighted by atomic mass is 32.2. The van der Waals surface area contributed by atoms with E-state index in [1.165, 1.54) is 17.0 Å². The van der Waals surface area contributed by atoms with Crippen LogP contribution < -0.4 is 0 Å². The molecule has 0 unspecified atom stereocenters. The molecule has 0 aliphatic carbocycles. The van der Waals surface area contributed by atoms with Gasteiger partial charge in [0.05, 0.1) is 18.6 Å². The van der Waals surface area contributed by atoms with Crippen LogP contribution in [0.3, 0.4) is 0 Å². The molecule has 0 saturated heterocycles. The molecule has 0 spiro atoms. The van der Waals surface area contributed by atoms with E-state index in [9.17, 15) is 14.4 Å². The number of nitriles is 1. The molecule has 0 amide bonds. The van der Waals surface area contributed by atoms with Gasteiger partial charge in [0.25, 0.3) is 0 Å². The first-order valence-corrected chi connectivity index (χ1v) is 11.9. The molecule has 1 aromatic carbocycles. The molecule has 3 aromatic heterocycles. The highest BCUT2D eigenvalue weighted by Gasteiger charge is 2.20. The van der Waals surface area contributed by atoms with Crippen molar-refractivity contribution in [3.8, 4) is 6.07 Å². The van der Waals surface area contributed by atoms with Crippen molar-refractivity contribution >= 4 is 34.6 Å². The van der Waals surface area contributed by atoms with Gasteiger partial charge >= 0.3 is 5.97 Å². The van der Waals surface area contributed by atoms with Crippen LogP contribution in [-0.2, 0) is 22.4 Å². The second-order valence-electron chi connectivity index (χ2n) is 7.26. The fraction of sp³-hybridized carbons (Fsp3) is 0.200. The van der Waals surface area contributed by atoms with E-state index in [1.54, 1.807) is 48.2 Å². The fourth-order valence-corrected chi connectivity index (χ4v) is 5.69. The Morgan fingerprint density at radius 2 is 2.00 bits per heavy atom. The van der Waals surface area contributed by atoms with Gasteiger partial charge in [0.15, 0.2) is 0 Å². The van der Waals surface area contributed by atoms with E-state index in [2.05, 4.69) is 12.1 Å². The summed E-state index contributed by atoms with van der Waals surface area (Å²) in [6.45, 7) is 4.15. The number of aromatic nitrogens is 1. The first-order chi connectivity index (χ1) is 15.5. The minimum Gasteiger partial charge on any atom is -0.466 e. The minimum absolute atomic E-state index is 0.191. The Kier molecular flexibility index (Phi) is 6.63. The van der Waals surface area contributed by atoms with Crippen LogP contribution in [0, 0.1) is 24.1 Å². The number of esters is 1. The number of hydrogen-bond donors (Lipinski definition) is 0. The van der Waals surface area contributed by atoms with Gasteiger partial charge in [0.1, 0.15) is 11.9 Å². The largest absolute Gasteiger partial charge is 0.466 e. The Balaban J connectivity index is 1.72. The van der Waals surface area contributed by atoms with Gasteiger partial charge in [-0.1, -0.05) is 11.8 Å². The highest BCUT2D eigenvalue weighted by Crippen LogP contribution is 2.36. The Morgan fingerprint density at radius 1 is 1.22 bits per heavy atom. The van der Waals surface area contributed by atoms with Crippen LogP contribution >= 0.6 is 23.1 Å². The number of rotatable bonds is 7. The lowest BCUT2D eigenvalue weighted by molar-refractivity contribution is -0.142. The molecule has 0 atom stereocenters. The standard InChI is InChI=1S/C25H21FN2O2S2/c1-3-30-25(29)12-20-16(2)22(28-15-17(14-27)4-9-21(20)28)13-24-23(10-11-31-24)32-19-7-5-18(26)6-8-19/h4-11,15H,3,12-13H2,1-2H3. The molecule has 0 bridgehead atoms. The zero-order chi connectivity index (χ0) is 22.7. The van der Waals surface area contributed by atoms with Crippen molar-refractivity contribution in [2.24, 2.45) is 0 Å². The molecular formula is C25H21FN2O2S2. The summed E-state index contributed by atoms with van der Waals surface area (Å²) in [6.07, 6.45) is 2.68. The zero-order valence-corrected chi connectivity index (χ0v) is 19.4. The molecule has 0 N–H and O–H groups in total. The van der Waals surface area contributed by atoms with Crippen molar-refractivity contribution in [3.05, 3.63) is 87.1 Å². The molecule has 0 radical (unpaired) electrons. The van der Waals surface area contributed by atoms with Crippen molar-refractivity contribution in [3.63, 3.8) is 0 Å². The van der Waals surface area contributed by atoms with E-state index in [-0.39, 0.29) is 18.2 Å².